The molecular weight excluding hydrogens is 612 g/mol. The predicted octanol–water partition coefficient (Wildman–Crippen LogP) is 3.47. The van der Waals surface area contributed by atoms with Crippen molar-refractivity contribution in [3.8, 4) is 0 Å². The topological polar surface area (TPSA) is 90.1 Å². The van der Waals surface area contributed by atoms with E-state index in [-0.39, 0.29) is 52.6 Å². The van der Waals surface area contributed by atoms with Gasteiger partial charge in [0.25, 0.3) is 0 Å². The number of ether oxygens (including phenoxy) is 2. The summed E-state index contributed by atoms with van der Waals surface area (Å²) in [4.78, 5) is 7.10. The van der Waals surface area contributed by atoms with E-state index in [1.807, 2.05) is 0 Å². The van der Waals surface area contributed by atoms with Crippen molar-refractivity contribution in [3.63, 3.8) is 0 Å². The minimum absolute atomic E-state index is 0.158. The average molecular weight is 634 g/mol. The number of alkyl halides is 12. The third-order valence-corrected chi connectivity index (χ3v) is 6.14. The molecule has 20 heteroatoms. The van der Waals surface area contributed by atoms with Crippen LogP contribution in [0.5, 0.6) is 0 Å². The molecule has 2 aliphatic heterocycles. The largest absolute Gasteiger partial charge is 0.448 e. The van der Waals surface area contributed by atoms with Gasteiger partial charge in [0.15, 0.2) is 0 Å². The first-order chi connectivity index (χ1) is 19.1. The molecular formula is C22H22F12N4O4. The maximum atomic E-state index is 13.4. The third-order valence-electron chi connectivity index (χ3n) is 6.14. The highest BCUT2D eigenvalue weighted by Gasteiger charge is 2.72. The fourth-order valence-electron chi connectivity index (χ4n) is 3.84. The SMILES string of the molecule is OC(/N=C(/c1ccc(/C(=N/C(O)(C(F)(F)F)C(F)(F)F)N2CCOCC2)cc1)N1CCOCC1)(C(F)(F)F)C(F)(F)F. The zero-order valence-corrected chi connectivity index (χ0v) is 21.0. The summed E-state index contributed by atoms with van der Waals surface area (Å²) in [7, 11) is 0. The van der Waals surface area contributed by atoms with Gasteiger partial charge in [-0.25, -0.2) is 9.98 Å². The Labute approximate surface area is 228 Å². The van der Waals surface area contributed by atoms with Crippen molar-refractivity contribution >= 4 is 11.7 Å². The van der Waals surface area contributed by atoms with Gasteiger partial charge in [-0.2, -0.15) is 52.7 Å². The van der Waals surface area contributed by atoms with Crippen molar-refractivity contribution in [1.82, 2.24) is 9.80 Å². The van der Waals surface area contributed by atoms with Crippen molar-refractivity contribution in [1.29, 1.82) is 0 Å². The van der Waals surface area contributed by atoms with Crippen LogP contribution in [0, 0.1) is 0 Å². The average Bonchev–Trinajstić information content (AvgIpc) is 2.88. The van der Waals surface area contributed by atoms with Crippen LogP contribution in [0.1, 0.15) is 11.1 Å². The van der Waals surface area contributed by atoms with E-state index in [2.05, 4.69) is 9.98 Å². The highest BCUT2D eigenvalue weighted by molar-refractivity contribution is 6.02. The molecule has 2 aliphatic rings. The summed E-state index contributed by atoms with van der Waals surface area (Å²) in [5.74, 6) is -2.07. The fourth-order valence-corrected chi connectivity index (χ4v) is 3.84. The number of rotatable bonds is 4. The van der Waals surface area contributed by atoms with Crippen LogP contribution in [-0.4, -0.2) is 120 Å². The molecule has 2 N–H and O–H groups in total. The van der Waals surface area contributed by atoms with Gasteiger partial charge in [-0.05, 0) is 0 Å². The zero-order valence-electron chi connectivity index (χ0n) is 21.0. The molecule has 0 saturated carbocycles. The van der Waals surface area contributed by atoms with E-state index in [1.165, 1.54) is 0 Å². The standard InChI is InChI=1S/C22H22F12N4O4/c23-19(24,25)17(39,20(26,27)28)35-15(37-5-9-41-10-6-37)13-1-2-14(4-3-13)16(38-7-11-42-12-8-38)36-18(40,21(29,30)31)22(32,33)34/h1-4,39-40H,5-12H2/b35-15-,36-16-. The van der Waals surface area contributed by atoms with Crippen LogP contribution in [0.4, 0.5) is 52.7 Å². The molecule has 0 radical (unpaired) electrons. The van der Waals surface area contributed by atoms with Crippen LogP contribution in [0.15, 0.2) is 34.3 Å². The van der Waals surface area contributed by atoms with Gasteiger partial charge in [0.05, 0.1) is 26.4 Å². The monoisotopic (exact) mass is 634 g/mol. The van der Waals surface area contributed by atoms with E-state index >= 15 is 0 Å². The summed E-state index contributed by atoms with van der Waals surface area (Å²) < 4.78 is 171. The summed E-state index contributed by atoms with van der Waals surface area (Å²) in [6, 6.07) is 3.08. The van der Waals surface area contributed by atoms with Crippen LogP contribution in [-0.2, 0) is 9.47 Å². The van der Waals surface area contributed by atoms with E-state index in [9.17, 15) is 62.9 Å². The molecule has 0 aliphatic carbocycles. The minimum atomic E-state index is -6.33. The summed E-state index contributed by atoms with van der Waals surface area (Å²) in [5.41, 5.74) is -12.2. The van der Waals surface area contributed by atoms with E-state index in [0.717, 1.165) is 34.1 Å². The van der Waals surface area contributed by atoms with Crippen molar-refractivity contribution in [2.24, 2.45) is 9.98 Å². The second-order valence-electron chi connectivity index (χ2n) is 8.98. The minimum Gasteiger partial charge on any atom is -0.378 e. The molecule has 0 bridgehead atoms. The molecule has 3 rings (SSSR count). The zero-order chi connectivity index (χ0) is 31.8. The summed E-state index contributed by atoms with van der Waals surface area (Å²) in [5, 5.41) is 19.3. The quantitative estimate of drug-likeness (QED) is 0.300. The Balaban J connectivity index is 2.19. The number of benzene rings is 1. The summed E-state index contributed by atoms with van der Waals surface area (Å²) in [6.07, 6.45) is -25.3. The van der Waals surface area contributed by atoms with Crippen LogP contribution in [0.2, 0.25) is 0 Å². The molecule has 238 valence electrons. The molecule has 0 amide bonds. The van der Waals surface area contributed by atoms with E-state index < -0.39 is 59.0 Å². The Morgan fingerprint density at radius 1 is 0.524 bits per heavy atom. The number of halogens is 12. The normalized spacial score (nSPS) is 19.4. The van der Waals surface area contributed by atoms with Crippen LogP contribution >= 0.6 is 0 Å². The van der Waals surface area contributed by atoms with E-state index in [1.54, 1.807) is 0 Å². The van der Waals surface area contributed by atoms with Crippen LogP contribution in [0.25, 0.3) is 0 Å². The molecule has 1 aromatic carbocycles. The predicted molar refractivity (Wildman–Crippen MR) is 118 cm³/mol. The Morgan fingerprint density at radius 3 is 0.976 bits per heavy atom. The van der Waals surface area contributed by atoms with E-state index in [0.29, 0.717) is 0 Å². The Morgan fingerprint density at radius 2 is 0.762 bits per heavy atom. The number of hydrogen-bond donors (Lipinski definition) is 2. The Bertz CT molecular complexity index is 1020. The lowest BCUT2D eigenvalue weighted by molar-refractivity contribution is -0.365. The van der Waals surface area contributed by atoms with Crippen LogP contribution in [0.3, 0.4) is 0 Å². The van der Waals surface area contributed by atoms with Gasteiger partial charge in [-0.3, -0.25) is 0 Å². The van der Waals surface area contributed by atoms with Gasteiger partial charge in [-0.15, -0.1) is 0 Å². The van der Waals surface area contributed by atoms with Gasteiger partial charge in [0, 0.05) is 37.3 Å². The number of hydrogen-bond acceptors (Lipinski definition) is 6. The molecule has 2 heterocycles. The molecule has 2 saturated heterocycles. The lowest BCUT2D eigenvalue weighted by Crippen LogP contribution is -2.57. The number of nitrogens with zero attached hydrogens (tertiary/aromatic N) is 4. The lowest BCUT2D eigenvalue weighted by atomic mass is 10.1. The van der Waals surface area contributed by atoms with Crippen molar-refractivity contribution in [2.75, 3.05) is 52.6 Å². The molecule has 0 atom stereocenters. The second-order valence-corrected chi connectivity index (χ2v) is 8.98. The van der Waals surface area contributed by atoms with Crippen molar-refractivity contribution in [2.45, 2.75) is 36.2 Å². The fraction of sp³-hybridized carbons (Fsp3) is 0.636. The first-order valence-corrected chi connectivity index (χ1v) is 11.8. The highest BCUT2D eigenvalue weighted by Crippen LogP contribution is 2.46. The molecule has 0 aromatic heterocycles. The molecule has 1 aromatic rings. The third kappa shape index (κ3) is 6.70. The number of morpholine rings is 2. The molecule has 0 spiro atoms. The Kier molecular flexibility index (Phi) is 9.36. The summed E-state index contributed by atoms with van der Waals surface area (Å²) >= 11 is 0. The smallest absolute Gasteiger partial charge is 0.378 e. The van der Waals surface area contributed by atoms with Crippen molar-refractivity contribution in [3.05, 3.63) is 35.4 Å². The van der Waals surface area contributed by atoms with Gasteiger partial charge < -0.3 is 29.5 Å². The number of amidine groups is 2. The van der Waals surface area contributed by atoms with Gasteiger partial charge >= 0.3 is 36.2 Å². The maximum absolute atomic E-state index is 13.4. The number of aliphatic hydroxyl groups is 2. The first kappa shape index (κ1) is 33.7. The molecule has 8 nitrogen and oxygen atoms in total. The molecule has 2 fully saturated rings. The van der Waals surface area contributed by atoms with Gasteiger partial charge in [0.1, 0.15) is 11.7 Å². The van der Waals surface area contributed by atoms with Crippen molar-refractivity contribution < 1.29 is 72.4 Å². The lowest BCUT2D eigenvalue weighted by Gasteiger charge is -2.35. The molecule has 0 unspecified atom stereocenters. The Hall–Kier alpha value is -2.84. The highest BCUT2D eigenvalue weighted by atomic mass is 19.4. The van der Waals surface area contributed by atoms with Gasteiger partial charge in [-0.1, -0.05) is 24.3 Å². The molecule has 42 heavy (non-hydrogen) atoms. The number of aliphatic imine (C=N–C) groups is 2. The second kappa shape index (κ2) is 11.7. The van der Waals surface area contributed by atoms with Crippen LogP contribution < -0.4 is 0 Å². The summed E-state index contributed by atoms with van der Waals surface area (Å²) in [6.45, 7) is -1.75. The maximum Gasteiger partial charge on any atom is 0.448 e. The first-order valence-electron chi connectivity index (χ1n) is 11.8. The van der Waals surface area contributed by atoms with E-state index in [4.69, 9.17) is 9.47 Å². The van der Waals surface area contributed by atoms with Gasteiger partial charge in [0.2, 0.25) is 0 Å².